The summed E-state index contributed by atoms with van der Waals surface area (Å²) in [6.07, 6.45) is 7.17. The summed E-state index contributed by atoms with van der Waals surface area (Å²) >= 11 is 0. The Hall–Kier alpha value is -3.51. The van der Waals surface area contributed by atoms with Gasteiger partial charge in [-0.25, -0.2) is 10.5 Å². The predicted octanol–water partition coefficient (Wildman–Crippen LogP) is 3.90. The number of hydrogen-bond donors (Lipinski definition) is 2. The lowest BCUT2D eigenvalue weighted by molar-refractivity contribution is -0.129. The molecule has 0 aliphatic carbocycles. The number of amides is 1. The van der Waals surface area contributed by atoms with E-state index in [-0.39, 0.29) is 12.3 Å². The number of nitrogens with one attached hydrogen (secondary N) is 1. The molecule has 0 unspecified atom stereocenters. The van der Waals surface area contributed by atoms with E-state index in [1.807, 2.05) is 30.5 Å². The van der Waals surface area contributed by atoms with Crippen LogP contribution in [0.15, 0.2) is 73.1 Å². The lowest BCUT2D eigenvalue weighted by Crippen LogP contribution is -2.18. The van der Waals surface area contributed by atoms with Crippen LogP contribution in [0.5, 0.6) is 0 Å². The highest BCUT2D eigenvalue weighted by molar-refractivity contribution is 5.78. The number of fused-ring (bicyclic) bond motifs is 1. The van der Waals surface area contributed by atoms with Gasteiger partial charge in [-0.05, 0) is 54.2 Å². The second kappa shape index (κ2) is 10.00. The van der Waals surface area contributed by atoms with Crippen LogP contribution in [-0.4, -0.2) is 25.6 Å². The van der Waals surface area contributed by atoms with Gasteiger partial charge in [0, 0.05) is 31.8 Å². The van der Waals surface area contributed by atoms with E-state index in [2.05, 4.69) is 45.9 Å². The number of hydrogen-bond acceptors (Lipinski definition) is 4. The van der Waals surface area contributed by atoms with Crippen molar-refractivity contribution in [1.82, 2.24) is 20.0 Å². The topological polar surface area (TPSA) is 80.0 Å². The average Bonchev–Trinajstić information content (AvgIpc) is 3.17. The van der Waals surface area contributed by atoms with Crippen molar-refractivity contribution in [3.8, 4) is 0 Å². The lowest BCUT2D eigenvalue weighted by Gasteiger charge is -2.10. The molecular formula is C25H26N4O2. The first-order valence-corrected chi connectivity index (χ1v) is 10.6. The van der Waals surface area contributed by atoms with E-state index in [0.717, 1.165) is 48.2 Å². The Kier molecular flexibility index (Phi) is 6.69. The Morgan fingerprint density at radius 2 is 1.74 bits per heavy atom. The Balaban J connectivity index is 1.59. The summed E-state index contributed by atoms with van der Waals surface area (Å²) in [6.45, 7) is 0.832. The normalized spacial score (nSPS) is 11.0. The summed E-state index contributed by atoms with van der Waals surface area (Å²) in [5, 5.41) is 8.71. The summed E-state index contributed by atoms with van der Waals surface area (Å²) in [7, 11) is 0. The molecule has 2 heterocycles. The van der Waals surface area contributed by atoms with E-state index in [0.29, 0.717) is 6.42 Å². The monoisotopic (exact) mass is 414 g/mol. The molecule has 4 aromatic rings. The Labute approximate surface area is 181 Å². The summed E-state index contributed by atoms with van der Waals surface area (Å²) in [5.41, 5.74) is 7.25. The molecule has 6 nitrogen and oxygen atoms in total. The number of carbonyl (C=O) groups is 1. The molecule has 0 saturated heterocycles. The highest BCUT2D eigenvalue weighted by Crippen LogP contribution is 2.21. The van der Waals surface area contributed by atoms with Crippen LogP contribution < -0.4 is 5.48 Å². The van der Waals surface area contributed by atoms with Crippen LogP contribution in [0.2, 0.25) is 0 Å². The zero-order valence-electron chi connectivity index (χ0n) is 17.4. The van der Waals surface area contributed by atoms with Crippen LogP contribution in [0.3, 0.4) is 0 Å². The molecule has 2 N–H and O–H groups in total. The first-order valence-electron chi connectivity index (χ1n) is 10.6. The van der Waals surface area contributed by atoms with E-state index in [1.165, 1.54) is 11.1 Å². The molecule has 2 aromatic carbocycles. The molecule has 0 aliphatic rings. The van der Waals surface area contributed by atoms with E-state index in [4.69, 9.17) is 10.2 Å². The number of hydroxylamine groups is 1. The molecule has 6 heteroatoms. The highest BCUT2D eigenvalue weighted by Gasteiger charge is 2.12. The maximum atomic E-state index is 11.4. The van der Waals surface area contributed by atoms with Crippen LogP contribution in [0, 0.1) is 0 Å². The van der Waals surface area contributed by atoms with Crippen LogP contribution in [-0.2, 0) is 37.0 Å². The molecule has 0 atom stereocenters. The Morgan fingerprint density at radius 3 is 2.52 bits per heavy atom. The number of carbonyl (C=O) groups excluding carboxylic acids is 1. The third kappa shape index (κ3) is 5.35. The van der Waals surface area contributed by atoms with Gasteiger partial charge in [-0.3, -0.25) is 15.0 Å². The highest BCUT2D eigenvalue weighted by atomic mass is 16.5. The van der Waals surface area contributed by atoms with Crippen molar-refractivity contribution in [2.45, 2.75) is 38.6 Å². The zero-order chi connectivity index (χ0) is 21.5. The van der Waals surface area contributed by atoms with Crippen molar-refractivity contribution >= 4 is 16.9 Å². The van der Waals surface area contributed by atoms with Crippen molar-refractivity contribution in [3.05, 3.63) is 95.6 Å². The van der Waals surface area contributed by atoms with Crippen molar-refractivity contribution < 1.29 is 10.0 Å². The fraction of sp³-hybridized carbons (Fsp3) is 0.240. The van der Waals surface area contributed by atoms with Gasteiger partial charge in [-0.2, -0.15) is 0 Å². The van der Waals surface area contributed by atoms with E-state index >= 15 is 0 Å². The summed E-state index contributed by atoms with van der Waals surface area (Å²) in [5.74, 6) is 0.679. The van der Waals surface area contributed by atoms with Crippen molar-refractivity contribution in [1.29, 1.82) is 0 Å². The average molecular weight is 415 g/mol. The maximum Gasteiger partial charge on any atom is 0.243 e. The van der Waals surface area contributed by atoms with Crippen molar-refractivity contribution in [2.24, 2.45) is 0 Å². The maximum absolute atomic E-state index is 11.4. The van der Waals surface area contributed by atoms with Gasteiger partial charge >= 0.3 is 0 Å². The van der Waals surface area contributed by atoms with E-state index in [1.54, 1.807) is 11.7 Å². The molecule has 0 spiro atoms. The Morgan fingerprint density at radius 1 is 0.903 bits per heavy atom. The van der Waals surface area contributed by atoms with Gasteiger partial charge in [0.05, 0.1) is 11.0 Å². The van der Waals surface area contributed by atoms with Crippen LogP contribution >= 0.6 is 0 Å². The van der Waals surface area contributed by atoms with Crippen molar-refractivity contribution in [3.63, 3.8) is 0 Å². The third-order valence-corrected chi connectivity index (χ3v) is 5.48. The number of benzene rings is 2. The summed E-state index contributed by atoms with van der Waals surface area (Å²) in [4.78, 5) is 20.5. The summed E-state index contributed by atoms with van der Waals surface area (Å²) in [6, 6.07) is 20.7. The van der Waals surface area contributed by atoms with Crippen molar-refractivity contribution in [2.75, 3.05) is 0 Å². The van der Waals surface area contributed by atoms with Crippen LogP contribution in [0.1, 0.15) is 28.9 Å². The number of aryl methyl sites for hydroxylation is 5. The quantitative estimate of drug-likeness (QED) is 0.322. The number of imidazole rings is 1. The van der Waals surface area contributed by atoms with Gasteiger partial charge in [0.25, 0.3) is 0 Å². The molecule has 31 heavy (non-hydrogen) atoms. The number of pyridine rings is 1. The van der Waals surface area contributed by atoms with Crippen LogP contribution in [0.4, 0.5) is 0 Å². The van der Waals surface area contributed by atoms with Gasteiger partial charge in [0.15, 0.2) is 0 Å². The van der Waals surface area contributed by atoms with Gasteiger partial charge in [0.1, 0.15) is 5.82 Å². The first kappa shape index (κ1) is 20.8. The molecule has 0 aliphatic heterocycles. The minimum absolute atomic E-state index is 0.241. The zero-order valence-corrected chi connectivity index (χ0v) is 17.4. The van der Waals surface area contributed by atoms with Gasteiger partial charge in [-0.1, -0.05) is 42.5 Å². The minimum atomic E-state index is -0.384. The molecule has 0 bridgehead atoms. The summed E-state index contributed by atoms with van der Waals surface area (Å²) < 4.78 is 2.30. The molecule has 0 radical (unpaired) electrons. The SMILES string of the molecule is O=C(CCc1ccc2c(c1)nc(CCc1ccccc1)n2CCc1cccnc1)NO. The van der Waals surface area contributed by atoms with E-state index in [9.17, 15) is 4.79 Å². The smallest absolute Gasteiger partial charge is 0.243 e. The van der Waals surface area contributed by atoms with Gasteiger partial charge < -0.3 is 4.57 Å². The molecular weight excluding hydrogens is 388 g/mol. The number of aromatic nitrogens is 3. The van der Waals surface area contributed by atoms with E-state index < -0.39 is 0 Å². The van der Waals surface area contributed by atoms with Gasteiger partial charge in [0.2, 0.25) is 5.91 Å². The largest absolute Gasteiger partial charge is 0.328 e. The first-order chi connectivity index (χ1) is 15.2. The van der Waals surface area contributed by atoms with Crippen LogP contribution in [0.25, 0.3) is 11.0 Å². The second-order valence-electron chi connectivity index (χ2n) is 7.63. The number of rotatable bonds is 9. The molecule has 2 aromatic heterocycles. The fourth-order valence-electron chi connectivity index (χ4n) is 3.82. The molecule has 158 valence electrons. The molecule has 1 amide bonds. The third-order valence-electron chi connectivity index (χ3n) is 5.48. The molecule has 4 rings (SSSR count). The standard InChI is InChI=1S/C25H26N4O2/c30-25(28-31)13-10-20-8-11-23-22(17-20)27-24(12-9-19-5-2-1-3-6-19)29(23)16-14-21-7-4-15-26-18-21/h1-8,11,15,17-18,31H,9-10,12-14,16H2,(H,28,30). The Bertz CT molecular complexity index is 1140. The second-order valence-corrected chi connectivity index (χ2v) is 7.63. The number of nitrogens with zero attached hydrogens (tertiary/aromatic N) is 3. The molecule has 0 fully saturated rings. The molecule has 0 saturated carbocycles. The lowest BCUT2D eigenvalue weighted by atomic mass is 10.1. The predicted molar refractivity (Wildman–Crippen MR) is 120 cm³/mol. The fourth-order valence-corrected chi connectivity index (χ4v) is 3.82. The van der Waals surface area contributed by atoms with Gasteiger partial charge in [-0.15, -0.1) is 0 Å². The minimum Gasteiger partial charge on any atom is -0.328 e.